The first kappa shape index (κ1) is 25.6. The SMILES string of the molecule is CC(O)C(NC(=O)C1CCCN1)C(=O)NC(CS)C(=O)NC(Cc1ccccc1)C(=O)O. The van der Waals surface area contributed by atoms with Crippen molar-refractivity contribution in [3.63, 3.8) is 0 Å². The molecule has 5 unspecified atom stereocenters. The minimum Gasteiger partial charge on any atom is -0.480 e. The van der Waals surface area contributed by atoms with Crippen LogP contribution in [0.5, 0.6) is 0 Å². The molecule has 3 amide bonds. The van der Waals surface area contributed by atoms with E-state index in [4.69, 9.17) is 0 Å². The van der Waals surface area contributed by atoms with Gasteiger partial charge in [0, 0.05) is 12.2 Å². The molecule has 176 valence electrons. The summed E-state index contributed by atoms with van der Waals surface area (Å²) >= 11 is 4.08. The second-order valence-electron chi connectivity index (χ2n) is 7.71. The highest BCUT2D eigenvalue weighted by molar-refractivity contribution is 7.80. The number of amides is 3. The summed E-state index contributed by atoms with van der Waals surface area (Å²) in [6, 6.07) is 4.73. The van der Waals surface area contributed by atoms with Gasteiger partial charge in [-0.1, -0.05) is 30.3 Å². The fourth-order valence-corrected chi connectivity index (χ4v) is 3.60. The lowest BCUT2D eigenvalue weighted by Crippen LogP contribution is -2.60. The number of benzene rings is 1. The van der Waals surface area contributed by atoms with Crippen molar-refractivity contribution in [2.75, 3.05) is 12.3 Å². The lowest BCUT2D eigenvalue weighted by atomic mass is 10.1. The maximum atomic E-state index is 12.7. The van der Waals surface area contributed by atoms with E-state index < -0.39 is 54.0 Å². The minimum atomic E-state index is -1.28. The van der Waals surface area contributed by atoms with E-state index in [9.17, 15) is 29.4 Å². The number of aliphatic hydroxyl groups is 1. The molecular formula is C21H30N4O6S. The lowest BCUT2D eigenvalue weighted by molar-refractivity contribution is -0.142. The Balaban J connectivity index is 2.00. The van der Waals surface area contributed by atoms with Crippen molar-refractivity contribution < 1.29 is 29.4 Å². The summed E-state index contributed by atoms with van der Waals surface area (Å²) in [7, 11) is 0. The Morgan fingerprint density at radius 2 is 1.75 bits per heavy atom. The van der Waals surface area contributed by atoms with Crippen molar-refractivity contribution in [1.29, 1.82) is 0 Å². The summed E-state index contributed by atoms with van der Waals surface area (Å²) in [5.74, 6) is -3.24. The molecule has 1 aliphatic rings. The molecule has 1 aromatic rings. The highest BCUT2D eigenvalue weighted by Crippen LogP contribution is 2.07. The smallest absolute Gasteiger partial charge is 0.326 e. The number of hydrogen-bond donors (Lipinski definition) is 7. The Morgan fingerprint density at radius 1 is 1.09 bits per heavy atom. The number of carbonyl (C=O) groups excluding carboxylic acids is 3. The number of nitrogens with one attached hydrogen (secondary N) is 4. The molecule has 0 saturated carbocycles. The first-order chi connectivity index (χ1) is 15.2. The molecular weight excluding hydrogens is 436 g/mol. The van der Waals surface area contributed by atoms with Crippen LogP contribution < -0.4 is 21.3 Å². The van der Waals surface area contributed by atoms with Gasteiger partial charge in [0.25, 0.3) is 0 Å². The molecule has 1 fully saturated rings. The Labute approximate surface area is 191 Å². The minimum absolute atomic E-state index is 0.0654. The second-order valence-corrected chi connectivity index (χ2v) is 8.07. The van der Waals surface area contributed by atoms with Gasteiger partial charge in [0.2, 0.25) is 17.7 Å². The average Bonchev–Trinajstić information content (AvgIpc) is 3.30. The third kappa shape index (κ3) is 7.50. The zero-order valence-corrected chi connectivity index (χ0v) is 18.7. The van der Waals surface area contributed by atoms with Gasteiger partial charge < -0.3 is 31.5 Å². The largest absolute Gasteiger partial charge is 0.480 e. The fourth-order valence-electron chi connectivity index (χ4n) is 3.35. The summed E-state index contributed by atoms with van der Waals surface area (Å²) in [6.45, 7) is 2.04. The maximum Gasteiger partial charge on any atom is 0.326 e. The average molecular weight is 467 g/mol. The molecule has 0 aromatic heterocycles. The molecule has 2 rings (SSSR count). The molecule has 6 N–H and O–H groups in total. The first-order valence-corrected chi connectivity index (χ1v) is 11.1. The van der Waals surface area contributed by atoms with Gasteiger partial charge in [-0.2, -0.15) is 12.6 Å². The van der Waals surface area contributed by atoms with Gasteiger partial charge in [-0.05, 0) is 31.9 Å². The molecule has 32 heavy (non-hydrogen) atoms. The monoisotopic (exact) mass is 466 g/mol. The van der Waals surface area contributed by atoms with Gasteiger partial charge >= 0.3 is 5.97 Å². The fraction of sp³-hybridized carbons (Fsp3) is 0.524. The van der Waals surface area contributed by atoms with Crippen LogP contribution in [0.4, 0.5) is 0 Å². The molecule has 0 bridgehead atoms. The third-order valence-corrected chi connectivity index (χ3v) is 5.52. The van der Waals surface area contributed by atoms with Crippen molar-refractivity contribution in [2.24, 2.45) is 0 Å². The van der Waals surface area contributed by atoms with E-state index in [1.165, 1.54) is 6.92 Å². The van der Waals surface area contributed by atoms with Gasteiger partial charge in [0.1, 0.15) is 18.1 Å². The van der Waals surface area contributed by atoms with Crippen LogP contribution >= 0.6 is 12.6 Å². The predicted octanol–water partition coefficient (Wildman–Crippen LogP) is -1.17. The van der Waals surface area contributed by atoms with Crippen LogP contribution in [0.1, 0.15) is 25.3 Å². The summed E-state index contributed by atoms with van der Waals surface area (Å²) in [5.41, 5.74) is 0.726. The highest BCUT2D eigenvalue weighted by Gasteiger charge is 2.33. The Bertz CT molecular complexity index is 801. The standard InChI is InChI=1S/C21H30N4O6S/c1-12(26)17(25-18(27)14-8-5-9-22-14)20(29)24-16(11-32)19(28)23-15(21(30)31)10-13-6-3-2-4-7-13/h2-4,6-7,12,14-17,22,26,32H,5,8-11H2,1H3,(H,23,28)(H,24,29)(H,25,27)(H,30,31). The van der Waals surface area contributed by atoms with E-state index in [1.54, 1.807) is 30.3 Å². The molecule has 5 atom stereocenters. The molecule has 11 heteroatoms. The Morgan fingerprint density at radius 3 is 2.28 bits per heavy atom. The normalized spacial score (nSPS) is 19.3. The number of hydrogen-bond acceptors (Lipinski definition) is 7. The number of thiol groups is 1. The topological polar surface area (TPSA) is 157 Å². The Kier molecular flexibility index (Phi) is 9.95. The van der Waals surface area contributed by atoms with Gasteiger partial charge in [0.15, 0.2) is 0 Å². The number of aliphatic hydroxyl groups excluding tert-OH is 1. The number of carboxylic acids is 1. The molecule has 0 radical (unpaired) electrons. The number of aliphatic carboxylic acids is 1. The van der Waals surface area contributed by atoms with Crippen molar-refractivity contribution in [3.05, 3.63) is 35.9 Å². The number of rotatable bonds is 11. The van der Waals surface area contributed by atoms with Crippen LogP contribution in [-0.2, 0) is 25.6 Å². The number of carboxylic acid groups (broad SMARTS) is 1. The zero-order chi connectivity index (χ0) is 23.7. The van der Waals surface area contributed by atoms with Crippen LogP contribution in [0.15, 0.2) is 30.3 Å². The summed E-state index contributed by atoms with van der Waals surface area (Å²) in [4.78, 5) is 49.3. The van der Waals surface area contributed by atoms with Crippen molar-refractivity contribution >= 4 is 36.3 Å². The molecule has 0 aliphatic carbocycles. The summed E-state index contributed by atoms with van der Waals surface area (Å²) in [6.07, 6.45) is 0.309. The van der Waals surface area contributed by atoms with Crippen molar-refractivity contribution in [1.82, 2.24) is 21.3 Å². The van der Waals surface area contributed by atoms with Crippen LogP contribution in [-0.4, -0.2) is 76.5 Å². The van der Waals surface area contributed by atoms with E-state index in [0.29, 0.717) is 13.0 Å². The van der Waals surface area contributed by atoms with Crippen LogP contribution in [0.2, 0.25) is 0 Å². The van der Waals surface area contributed by atoms with E-state index in [0.717, 1.165) is 12.0 Å². The van der Waals surface area contributed by atoms with Gasteiger partial charge in [0.05, 0.1) is 12.1 Å². The van der Waals surface area contributed by atoms with Gasteiger partial charge in [-0.3, -0.25) is 14.4 Å². The molecule has 1 aliphatic heterocycles. The summed E-state index contributed by atoms with van der Waals surface area (Å²) in [5, 5.41) is 29.8. The van der Waals surface area contributed by atoms with E-state index in [-0.39, 0.29) is 12.2 Å². The third-order valence-electron chi connectivity index (χ3n) is 5.15. The maximum absolute atomic E-state index is 12.7. The summed E-state index contributed by atoms with van der Waals surface area (Å²) < 4.78 is 0. The van der Waals surface area contributed by atoms with Gasteiger partial charge in [-0.25, -0.2) is 4.79 Å². The number of carbonyl (C=O) groups is 4. The van der Waals surface area contributed by atoms with Gasteiger partial charge in [-0.15, -0.1) is 0 Å². The van der Waals surface area contributed by atoms with Crippen molar-refractivity contribution in [3.8, 4) is 0 Å². The van der Waals surface area contributed by atoms with E-state index >= 15 is 0 Å². The van der Waals surface area contributed by atoms with E-state index in [2.05, 4.69) is 33.9 Å². The predicted molar refractivity (Wildman–Crippen MR) is 120 cm³/mol. The van der Waals surface area contributed by atoms with Crippen LogP contribution in [0.25, 0.3) is 0 Å². The van der Waals surface area contributed by atoms with Crippen LogP contribution in [0, 0.1) is 0 Å². The first-order valence-electron chi connectivity index (χ1n) is 10.4. The Hall–Kier alpha value is -2.63. The van der Waals surface area contributed by atoms with Crippen LogP contribution in [0.3, 0.4) is 0 Å². The molecule has 1 saturated heterocycles. The molecule has 1 heterocycles. The van der Waals surface area contributed by atoms with Crippen molar-refractivity contribution in [2.45, 2.75) is 56.5 Å². The lowest BCUT2D eigenvalue weighted by Gasteiger charge is -2.25. The zero-order valence-electron chi connectivity index (χ0n) is 17.8. The highest BCUT2D eigenvalue weighted by atomic mass is 32.1. The molecule has 10 nitrogen and oxygen atoms in total. The second kappa shape index (κ2) is 12.4. The van der Waals surface area contributed by atoms with E-state index in [1.807, 2.05) is 0 Å². The quantitative estimate of drug-likeness (QED) is 0.203. The molecule has 0 spiro atoms. The molecule has 1 aromatic carbocycles.